The van der Waals surface area contributed by atoms with E-state index in [2.05, 4.69) is 10.3 Å². The molecule has 41 nitrogen and oxygen atoms in total. The van der Waals surface area contributed by atoms with Gasteiger partial charge in [0, 0.05) is 76.4 Å². The number of benzene rings is 2. The van der Waals surface area contributed by atoms with Crippen LogP contribution in [0.2, 0.25) is 25.3 Å². The quantitative estimate of drug-likeness (QED) is 0.0137. The first-order valence-corrected chi connectivity index (χ1v) is 33.4. The van der Waals surface area contributed by atoms with Crippen LogP contribution in [0.4, 0.5) is 9.59 Å². The number of hydrogen-bond acceptors (Lipinski definition) is 29. The predicted molar refractivity (Wildman–Crippen MR) is 337 cm³/mol. The monoisotopic (exact) mass is 1430 g/mol. The Morgan fingerprint density at radius 1 is 0.562 bits per heavy atom. The van der Waals surface area contributed by atoms with Gasteiger partial charge in [0.1, 0.15) is 5.54 Å². The molecule has 0 aromatic heterocycles. The Morgan fingerprint density at radius 3 is 1.28 bits per heavy atom. The maximum absolute atomic E-state index is 13.0. The molecule has 0 unspecified atom stereocenters. The Bertz CT molecular complexity index is 2980. The lowest BCUT2D eigenvalue weighted by atomic mass is 9.78. The van der Waals surface area contributed by atoms with E-state index in [-0.39, 0.29) is 118 Å². The first-order chi connectivity index (χ1) is 44.9. The van der Waals surface area contributed by atoms with E-state index in [1.165, 1.54) is 14.1 Å². The molecule has 96 heavy (non-hydrogen) atoms. The summed E-state index contributed by atoms with van der Waals surface area (Å²) in [6.45, 7) is 1.10. The van der Waals surface area contributed by atoms with Crippen molar-refractivity contribution >= 4 is 102 Å². The minimum absolute atomic E-state index is 0.0000344. The average molecular weight is 1430 g/mol. The predicted octanol–water partition coefficient (Wildman–Crippen LogP) is -8.64. The Hall–Kier alpha value is -6.59. The molecule has 6 rings (SSSR count). The standard InChI is InChI=1S/C22H29BN4O7S.C9H20BN5O3.C7H19BN4O4S.C7H18BN3O5S.3CO2/c24-22(20(28)29)15-27(14-18(22)12-7-13-23(31)32)35(33,34)26-21(30)25-19(16-8-3-1-4-9-16)17-10-5-2-6-11-17;11-7-5-15(9(16)14-8(12)13)4-6(7)2-1-3-10(17)18;9-7-5-12(17(15,16)11-10)4-6(7)2-1-3-8(13)14;9-7-5-11(17(15,16)10-14)4-6(7)2-1-3-8(12)13;3*2-1-3/h1-6,8-11,18-19,31-32H,7,12-15,24H2,(H,28,29)(H2,25,26,30);6-7,17-18H,1-5,11H2,(H4,12,13,14,16);6-7,11,13-14H,1-5,9-10H2;6-7,10,12-14H,1-5,9H2;;;/t18-,22-;3*6-,7-;;;/m0000.../s1. The van der Waals surface area contributed by atoms with Crippen LogP contribution < -0.4 is 60.0 Å². The average Bonchev–Trinajstić information content (AvgIpc) is 1.62. The van der Waals surface area contributed by atoms with Crippen LogP contribution >= 0.6 is 0 Å². The Labute approximate surface area is 555 Å². The number of aliphatic imine (C=N–C) groups is 1. The number of hydrazine groups is 1. The van der Waals surface area contributed by atoms with Gasteiger partial charge in [0.25, 0.3) is 10.2 Å². The van der Waals surface area contributed by atoms with Gasteiger partial charge in [0.15, 0.2) is 5.96 Å². The van der Waals surface area contributed by atoms with Crippen molar-refractivity contribution in [1.82, 2.24) is 37.6 Å². The lowest BCUT2D eigenvalue weighted by Gasteiger charge is -2.25. The van der Waals surface area contributed by atoms with E-state index in [1.807, 2.05) is 16.9 Å². The van der Waals surface area contributed by atoms with E-state index in [4.69, 9.17) is 114 Å². The molecule has 4 aliphatic heterocycles. The van der Waals surface area contributed by atoms with Gasteiger partial charge < -0.3 is 95.1 Å². The number of nitrogens with two attached hydrogens (primary N) is 7. The van der Waals surface area contributed by atoms with E-state index < -0.39 is 101 Å². The van der Waals surface area contributed by atoms with Crippen molar-refractivity contribution in [3.8, 4) is 0 Å². The van der Waals surface area contributed by atoms with Gasteiger partial charge in [-0.3, -0.25) is 10.6 Å². The summed E-state index contributed by atoms with van der Waals surface area (Å²) in [4.78, 5) is 92.9. The van der Waals surface area contributed by atoms with Crippen LogP contribution in [0.25, 0.3) is 0 Å². The van der Waals surface area contributed by atoms with Gasteiger partial charge in [0.2, 0.25) is 0 Å². The zero-order chi connectivity index (χ0) is 73.6. The molecule has 4 fully saturated rings. The third-order valence-corrected chi connectivity index (χ3v) is 19.0. The molecule has 4 heterocycles. The number of carboxylic acids is 1. The van der Waals surface area contributed by atoms with Gasteiger partial charge >= 0.3 is 85.4 Å². The Balaban J connectivity index is 0.00000127. The lowest BCUT2D eigenvalue weighted by Crippen LogP contribution is -2.55. The molecule has 28 N–H and O–H groups in total. The van der Waals surface area contributed by atoms with E-state index in [0.717, 1.165) is 26.2 Å². The Morgan fingerprint density at radius 2 is 0.927 bits per heavy atom. The molecule has 48 heteroatoms. The zero-order valence-corrected chi connectivity index (χ0v) is 54.4. The highest BCUT2D eigenvalue weighted by atomic mass is 32.2. The van der Waals surface area contributed by atoms with E-state index in [0.29, 0.717) is 58.1 Å². The fourth-order valence-corrected chi connectivity index (χ4v) is 13.2. The van der Waals surface area contributed by atoms with Gasteiger partial charge in [-0.2, -0.15) is 71.9 Å². The zero-order valence-electron chi connectivity index (χ0n) is 51.9. The highest BCUT2D eigenvalue weighted by molar-refractivity contribution is 7.88. The summed E-state index contributed by atoms with van der Waals surface area (Å²) in [7, 11) is -17.4. The van der Waals surface area contributed by atoms with Crippen molar-refractivity contribution in [3.63, 3.8) is 0 Å². The molecule has 0 bridgehead atoms. The number of guanidine groups is 1. The number of carboxylic acid groups (broad SMARTS) is 1. The molecule has 4 aliphatic rings. The fraction of sp³-hybridized carbons (Fsp3) is 0.604. The summed E-state index contributed by atoms with van der Waals surface area (Å²) >= 11 is 0. The molecule has 0 aliphatic carbocycles. The summed E-state index contributed by atoms with van der Waals surface area (Å²) in [5.74, 6) is 2.65. The minimum Gasteiger partial charge on any atom is -0.480 e. The molecule has 0 saturated carbocycles. The molecule has 0 radical (unpaired) electrons. The molecule has 2 aromatic carbocycles. The summed E-state index contributed by atoms with van der Waals surface area (Å²) < 4.78 is 76.5. The van der Waals surface area contributed by atoms with Crippen molar-refractivity contribution in [2.75, 3.05) is 52.4 Å². The van der Waals surface area contributed by atoms with Crippen LogP contribution in [0.5, 0.6) is 0 Å². The molecular weight excluding hydrogens is 1340 g/mol. The summed E-state index contributed by atoms with van der Waals surface area (Å²) in [6, 6.07) is 15.3. The van der Waals surface area contributed by atoms with Crippen LogP contribution in [-0.4, -0.2) is 241 Å². The van der Waals surface area contributed by atoms with Crippen LogP contribution in [0.3, 0.4) is 0 Å². The van der Waals surface area contributed by atoms with Crippen LogP contribution in [0.1, 0.15) is 68.5 Å². The minimum atomic E-state index is -4.42. The number of likely N-dealkylation sites (tertiary alicyclic amines) is 1. The molecule has 0 spiro atoms. The smallest absolute Gasteiger partial charge is 0.451 e. The molecular formula is C48H86B4N16O25S3. The van der Waals surface area contributed by atoms with Crippen LogP contribution in [-0.2, 0) is 64.2 Å². The molecule has 4 saturated heterocycles. The van der Waals surface area contributed by atoms with E-state index in [9.17, 15) is 44.7 Å². The normalized spacial score (nSPS) is 21.4. The third kappa shape index (κ3) is 33.6. The van der Waals surface area contributed by atoms with Gasteiger partial charge in [-0.05, 0) is 79.8 Å². The SMILES string of the molecule is NC(N)=NC(=O)N1C[C@H](CCCB(O)O)[C@@H](N)C1.NNS(=O)(=O)N1C[C@H](CCCB(O)O)[C@@H](N)C1.N[C@@]1(C(=O)O)CN(S(=O)(=O)NC(=O)NC(c2ccccc2)c2ccccc2)C[C@@H]1CCCB(O)O.N[C@H]1CN(S(=O)(=O)NO)C[C@@H]1CCCB(O)O.O=C=O.O=C=O.O=C=O. The summed E-state index contributed by atoms with van der Waals surface area (Å²) in [5, 5.41) is 91.1. The molecule has 8 atom stereocenters. The van der Waals surface area contributed by atoms with Crippen molar-refractivity contribution in [2.24, 2.45) is 68.9 Å². The van der Waals surface area contributed by atoms with Crippen molar-refractivity contribution in [1.29, 1.82) is 0 Å². The maximum atomic E-state index is 13.0. The highest BCUT2D eigenvalue weighted by Crippen LogP contribution is 2.32. The van der Waals surface area contributed by atoms with Crippen molar-refractivity contribution in [3.05, 3.63) is 71.8 Å². The number of carbonyl (C=O) groups excluding carboxylic acids is 8. The number of rotatable bonds is 26. The largest absolute Gasteiger partial charge is 0.480 e. The Kier molecular flexibility index (Phi) is 42.7. The number of urea groups is 2. The van der Waals surface area contributed by atoms with Gasteiger partial charge in [-0.25, -0.2) is 14.3 Å². The first kappa shape index (κ1) is 89.4. The highest BCUT2D eigenvalue weighted by Gasteiger charge is 2.53. The maximum Gasteiger partial charge on any atom is 0.451 e. The second-order valence-corrected chi connectivity index (χ2v) is 26.9. The van der Waals surface area contributed by atoms with E-state index >= 15 is 0 Å². The van der Waals surface area contributed by atoms with Crippen LogP contribution in [0, 0.1) is 23.7 Å². The number of nitrogens with one attached hydrogen (secondary N) is 4. The van der Waals surface area contributed by atoms with Gasteiger partial charge in [0.05, 0.1) is 6.04 Å². The summed E-state index contributed by atoms with van der Waals surface area (Å²) in [6.07, 6.45) is 5.83. The second kappa shape index (κ2) is 45.8. The molecule has 2 aromatic rings. The first-order valence-electron chi connectivity index (χ1n) is 29.1. The third-order valence-electron chi connectivity index (χ3n) is 15.1. The van der Waals surface area contributed by atoms with E-state index in [1.54, 1.807) is 53.4 Å². The molecule has 538 valence electrons. The number of aliphatic carboxylic acids is 1. The number of carbonyl (C=O) groups is 3. The van der Waals surface area contributed by atoms with Crippen LogP contribution in [0.15, 0.2) is 65.7 Å². The lowest BCUT2D eigenvalue weighted by molar-refractivity contribution is -0.193. The summed E-state index contributed by atoms with van der Waals surface area (Å²) in [5.41, 5.74) is 33.5. The van der Waals surface area contributed by atoms with Crippen molar-refractivity contribution in [2.45, 2.75) is 106 Å². The number of amides is 4. The van der Waals surface area contributed by atoms with Crippen molar-refractivity contribution < 1.29 is 119 Å². The number of hydrogen-bond donors (Lipinski definition) is 21. The van der Waals surface area contributed by atoms with Gasteiger partial charge in [-0.1, -0.05) is 91.2 Å². The fourth-order valence-electron chi connectivity index (χ4n) is 10.3. The topological polar surface area (TPSA) is 714 Å². The van der Waals surface area contributed by atoms with Gasteiger partial charge in [-0.15, -0.1) is 4.83 Å². The number of nitrogens with zero attached hydrogens (tertiary/aromatic N) is 5. The second-order valence-electron chi connectivity index (χ2n) is 21.9. The molecule has 4 amide bonds.